The summed E-state index contributed by atoms with van der Waals surface area (Å²) in [4.78, 5) is 13.0. The molecular weight excluding hydrogens is 392 g/mol. The van der Waals surface area contributed by atoms with E-state index in [0.717, 1.165) is 18.4 Å². The van der Waals surface area contributed by atoms with E-state index in [-0.39, 0.29) is 5.91 Å². The first kappa shape index (κ1) is 24.0. The zero-order valence-electron chi connectivity index (χ0n) is 18.0. The molecule has 0 saturated carbocycles. The van der Waals surface area contributed by atoms with Crippen molar-refractivity contribution in [1.29, 1.82) is 0 Å². The Morgan fingerprint density at radius 2 is 1.94 bits per heavy atom. The summed E-state index contributed by atoms with van der Waals surface area (Å²) in [5, 5.41) is 16.2. The van der Waals surface area contributed by atoms with Crippen molar-refractivity contribution in [3.8, 4) is 11.5 Å². The molecule has 166 valence electrons. The Hall–Kier alpha value is -3.25. The molecule has 1 amide bonds. The van der Waals surface area contributed by atoms with Gasteiger partial charge in [-0.25, -0.2) is 0 Å². The van der Waals surface area contributed by atoms with Crippen molar-refractivity contribution in [3.63, 3.8) is 0 Å². The molecule has 0 aromatic heterocycles. The normalized spacial score (nSPS) is 12.3. The second kappa shape index (κ2) is 13.1. The maximum atomic E-state index is 13.0. The molecule has 0 fully saturated rings. The SMILES string of the molecule is C=CCCCC(O)NC(=O)[C@@H](Cc1ccccc1)Nc1ccc(OC)cc1OCC=C. The minimum Gasteiger partial charge on any atom is -0.497 e. The highest BCUT2D eigenvalue weighted by atomic mass is 16.5. The van der Waals surface area contributed by atoms with E-state index in [2.05, 4.69) is 23.8 Å². The quantitative estimate of drug-likeness (QED) is 0.242. The fourth-order valence-corrected chi connectivity index (χ4v) is 3.06. The Morgan fingerprint density at radius 1 is 1.16 bits per heavy atom. The average Bonchev–Trinajstić information content (AvgIpc) is 2.78. The van der Waals surface area contributed by atoms with Gasteiger partial charge in [-0.2, -0.15) is 0 Å². The van der Waals surface area contributed by atoms with Crippen molar-refractivity contribution < 1.29 is 19.4 Å². The van der Waals surface area contributed by atoms with Crippen molar-refractivity contribution in [2.75, 3.05) is 19.0 Å². The highest BCUT2D eigenvalue weighted by molar-refractivity contribution is 5.85. The van der Waals surface area contributed by atoms with Crippen LogP contribution in [0.2, 0.25) is 0 Å². The van der Waals surface area contributed by atoms with Crippen LogP contribution in [0.15, 0.2) is 73.8 Å². The number of carbonyl (C=O) groups is 1. The number of hydrogen-bond acceptors (Lipinski definition) is 5. The number of hydrogen-bond donors (Lipinski definition) is 3. The van der Waals surface area contributed by atoms with Crippen LogP contribution in [0.25, 0.3) is 0 Å². The molecule has 6 nitrogen and oxygen atoms in total. The van der Waals surface area contributed by atoms with E-state index in [1.54, 1.807) is 31.4 Å². The fourth-order valence-electron chi connectivity index (χ4n) is 3.06. The summed E-state index contributed by atoms with van der Waals surface area (Å²) in [7, 11) is 1.58. The number of nitrogens with one attached hydrogen (secondary N) is 2. The van der Waals surface area contributed by atoms with Gasteiger partial charge in [0.25, 0.3) is 0 Å². The summed E-state index contributed by atoms with van der Waals surface area (Å²) in [5.74, 6) is 0.906. The van der Waals surface area contributed by atoms with Crippen LogP contribution in [0.3, 0.4) is 0 Å². The zero-order chi connectivity index (χ0) is 22.5. The van der Waals surface area contributed by atoms with Crippen LogP contribution in [-0.4, -0.2) is 37.0 Å². The number of benzene rings is 2. The summed E-state index contributed by atoms with van der Waals surface area (Å²) in [5.41, 5.74) is 1.65. The van der Waals surface area contributed by atoms with E-state index < -0.39 is 12.3 Å². The molecule has 2 aromatic carbocycles. The highest BCUT2D eigenvalue weighted by Gasteiger charge is 2.22. The van der Waals surface area contributed by atoms with Gasteiger partial charge in [-0.1, -0.05) is 49.1 Å². The Balaban J connectivity index is 2.21. The Bertz CT molecular complexity index is 839. The molecule has 0 aliphatic heterocycles. The summed E-state index contributed by atoms with van der Waals surface area (Å²) < 4.78 is 11.0. The van der Waals surface area contributed by atoms with Crippen LogP contribution in [0.1, 0.15) is 24.8 Å². The lowest BCUT2D eigenvalue weighted by Crippen LogP contribution is -2.45. The Labute approximate surface area is 184 Å². The topological polar surface area (TPSA) is 79.8 Å². The standard InChI is InChI=1S/C25H32N2O4/c1-4-6-8-13-24(28)27-25(29)22(17-19-11-9-7-10-12-19)26-21-15-14-20(30-3)18-23(21)31-16-5-2/h4-5,7,9-12,14-15,18,22,24,26,28H,1-2,6,8,13,16-17H2,3H3,(H,27,29)/t22-,24?/m1/s1. The first-order valence-electron chi connectivity index (χ1n) is 10.4. The van der Waals surface area contributed by atoms with Gasteiger partial charge in [0.2, 0.25) is 5.91 Å². The maximum Gasteiger partial charge on any atom is 0.244 e. The largest absolute Gasteiger partial charge is 0.497 e. The van der Waals surface area contributed by atoms with Gasteiger partial charge in [-0.05, 0) is 37.0 Å². The van der Waals surface area contributed by atoms with E-state index in [0.29, 0.717) is 36.6 Å². The van der Waals surface area contributed by atoms with E-state index in [1.807, 2.05) is 36.4 Å². The fraction of sp³-hybridized carbons (Fsp3) is 0.320. The lowest BCUT2D eigenvalue weighted by Gasteiger charge is -2.23. The maximum absolute atomic E-state index is 13.0. The first-order valence-corrected chi connectivity index (χ1v) is 10.4. The number of carbonyl (C=O) groups excluding carboxylic acids is 1. The molecule has 31 heavy (non-hydrogen) atoms. The third-order valence-electron chi connectivity index (χ3n) is 4.67. The average molecular weight is 425 g/mol. The van der Waals surface area contributed by atoms with Crippen LogP contribution >= 0.6 is 0 Å². The molecule has 0 aliphatic carbocycles. The van der Waals surface area contributed by atoms with Crippen molar-refractivity contribution in [3.05, 3.63) is 79.4 Å². The van der Waals surface area contributed by atoms with Crippen molar-refractivity contribution in [2.45, 2.75) is 38.0 Å². The predicted octanol–water partition coefficient (Wildman–Crippen LogP) is 4.07. The molecule has 0 aliphatic rings. The van der Waals surface area contributed by atoms with E-state index in [9.17, 15) is 9.90 Å². The van der Waals surface area contributed by atoms with E-state index in [4.69, 9.17) is 9.47 Å². The number of rotatable bonds is 14. The van der Waals surface area contributed by atoms with Gasteiger partial charge < -0.3 is 25.2 Å². The van der Waals surface area contributed by atoms with Gasteiger partial charge in [0, 0.05) is 12.5 Å². The molecule has 0 saturated heterocycles. The van der Waals surface area contributed by atoms with Crippen molar-refractivity contribution in [1.82, 2.24) is 5.32 Å². The number of aliphatic hydroxyl groups is 1. The summed E-state index contributed by atoms with van der Waals surface area (Å²) >= 11 is 0. The third kappa shape index (κ3) is 8.18. The van der Waals surface area contributed by atoms with Gasteiger partial charge in [-0.15, -0.1) is 6.58 Å². The van der Waals surface area contributed by atoms with Crippen LogP contribution in [-0.2, 0) is 11.2 Å². The predicted molar refractivity (Wildman–Crippen MR) is 124 cm³/mol. The number of ether oxygens (including phenoxy) is 2. The minimum absolute atomic E-state index is 0.291. The second-order valence-electron chi connectivity index (χ2n) is 7.09. The number of methoxy groups -OCH3 is 1. The van der Waals surface area contributed by atoms with Crippen LogP contribution in [0.5, 0.6) is 11.5 Å². The third-order valence-corrected chi connectivity index (χ3v) is 4.67. The van der Waals surface area contributed by atoms with Crippen LogP contribution in [0, 0.1) is 0 Å². The summed E-state index contributed by atoms with van der Waals surface area (Å²) in [6.07, 6.45) is 4.97. The van der Waals surface area contributed by atoms with Crippen molar-refractivity contribution >= 4 is 11.6 Å². The minimum atomic E-state index is -0.917. The number of allylic oxidation sites excluding steroid dienone is 1. The molecule has 0 spiro atoms. The van der Waals surface area contributed by atoms with Gasteiger partial charge in [0.05, 0.1) is 12.8 Å². The van der Waals surface area contributed by atoms with Crippen LogP contribution < -0.4 is 20.1 Å². The molecule has 6 heteroatoms. The van der Waals surface area contributed by atoms with E-state index in [1.165, 1.54) is 0 Å². The monoisotopic (exact) mass is 424 g/mol. The lowest BCUT2D eigenvalue weighted by atomic mass is 10.0. The molecule has 2 aromatic rings. The van der Waals surface area contributed by atoms with Crippen molar-refractivity contribution in [2.24, 2.45) is 0 Å². The lowest BCUT2D eigenvalue weighted by molar-refractivity contribution is -0.124. The molecule has 2 rings (SSSR count). The summed E-state index contributed by atoms with van der Waals surface area (Å²) in [6.45, 7) is 7.68. The molecule has 0 radical (unpaired) electrons. The molecule has 2 atom stereocenters. The molecule has 0 bridgehead atoms. The summed E-state index contributed by atoms with van der Waals surface area (Å²) in [6, 6.07) is 14.5. The second-order valence-corrected chi connectivity index (χ2v) is 7.09. The van der Waals surface area contributed by atoms with Gasteiger partial charge in [0.1, 0.15) is 30.4 Å². The Morgan fingerprint density at radius 3 is 2.61 bits per heavy atom. The zero-order valence-corrected chi connectivity index (χ0v) is 18.0. The number of aliphatic hydroxyl groups excluding tert-OH is 1. The smallest absolute Gasteiger partial charge is 0.244 e. The molecular formula is C25H32N2O4. The Kier molecular flexibility index (Phi) is 10.2. The number of unbranched alkanes of at least 4 members (excludes halogenated alkanes) is 1. The van der Waals surface area contributed by atoms with Gasteiger partial charge in [0.15, 0.2) is 0 Å². The molecule has 1 unspecified atom stereocenters. The molecule has 0 heterocycles. The number of amides is 1. The number of anilines is 1. The van der Waals surface area contributed by atoms with Crippen LogP contribution in [0.4, 0.5) is 5.69 Å². The van der Waals surface area contributed by atoms with Gasteiger partial charge in [-0.3, -0.25) is 4.79 Å². The first-order chi connectivity index (χ1) is 15.1. The van der Waals surface area contributed by atoms with Gasteiger partial charge >= 0.3 is 0 Å². The highest BCUT2D eigenvalue weighted by Crippen LogP contribution is 2.30. The molecule has 3 N–H and O–H groups in total. The van der Waals surface area contributed by atoms with E-state index >= 15 is 0 Å².